The highest BCUT2D eigenvalue weighted by Gasteiger charge is 2.04. The fourth-order valence-corrected chi connectivity index (χ4v) is 2.18. The van der Waals surface area contributed by atoms with Crippen molar-refractivity contribution in [3.8, 4) is 0 Å². The van der Waals surface area contributed by atoms with E-state index in [1.807, 2.05) is 0 Å². The first-order chi connectivity index (χ1) is 10.6. The third-order valence-corrected chi connectivity index (χ3v) is 3.41. The number of nitrogens with zero attached hydrogens (tertiary/aromatic N) is 2. The number of methoxy groups -OCH3 is 1. The first-order valence-corrected chi connectivity index (χ1v) is 7.79. The maximum Gasteiger partial charge on any atom is 0.191 e. The highest BCUT2D eigenvalue weighted by atomic mass is 127. The van der Waals surface area contributed by atoms with Crippen molar-refractivity contribution < 1.29 is 4.74 Å². The average Bonchev–Trinajstić information content (AvgIpc) is 2.51. The Labute approximate surface area is 157 Å². The highest BCUT2D eigenvalue weighted by molar-refractivity contribution is 14.0. The first kappa shape index (κ1) is 22.0. The number of hydrogen-bond acceptors (Lipinski definition) is 3. The topological polar surface area (TPSA) is 48.9 Å². The van der Waals surface area contributed by atoms with Crippen molar-refractivity contribution in [1.29, 1.82) is 0 Å². The van der Waals surface area contributed by atoms with Crippen LogP contribution in [0.4, 0.5) is 5.69 Å². The Morgan fingerprint density at radius 1 is 1.26 bits per heavy atom. The van der Waals surface area contributed by atoms with E-state index < -0.39 is 0 Å². The summed E-state index contributed by atoms with van der Waals surface area (Å²) in [6.07, 6.45) is 2.13. The average molecular weight is 434 g/mol. The quantitative estimate of drug-likeness (QED) is 0.286. The van der Waals surface area contributed by atoms with Gasteiger partial charge in [-0.2, -0.15) is 0 Å². The molecule has 1 rings (SSSR count). The number of rotatable bonds is 8. The molecule has 5 nitrogen and oxygen atoms in total. The van der Waals surface area contributed by atoms with Crippen molar-refractivity contribution in [2.24, 2.45) is 4.99 Å². The van der Waals surface area contributed by atoms with Crippen LogP contribution in [0.25, 0.3) is 0 Å². The Hall–Kier alpha value is -1.02. The molecule has 1 unspecified atom stereocenters. The van der Waals surface area contributed by atoms with Gasteiger partial charge in [0.25, 0.3) is 0 Å². The SMILES string of the molecule is CN=C(NCCCc1ccc(N(C)C)cc1)NC(C)COC.I. The number of aryl methyl sites for hydroxylation is 1. The molecule has 0 amide bonds. The number of aliphatic imine (C=N–C) groups is 1. The van der Waals surface area contributed by atoms with Crippen LogP contribution in [0.3, 0.4) is 0 Å². The molecule has 1 aromatic rings. The van der Waals surface area contributed by atoms with Gasteiger partial charge in [-0.25, -0.2) is 0 Å². The number of nitrogens with one attached hydrogen (secondary N) is 2. The molecule has 0 saturated heterocycles. The maximum atomic E-state index is 5.11. The summed E-state index contributed by atoms with van der Waals surface area (Å²) in [5.41, 5.74) is 2.60. The van der Waals surface area contributed by atoms with Crippen molar-refractivity contribution in [2.75, 3.05) is 46.3 Å². The van der Waals surface area contributed by atoms with Crippen LogP contribution in [0, 0.1) is 0 Å². The Morgan fingerprint density at radius 2 is 1.91 bits per heavy atom. The Morgan fingerprint density at radius 3 is 2.43 bits per heavy atom. The monoisotopic (exact) mass is 434 g/mol. The molecule has 6 heteroatoms. The fourth-order valence-electron chi connectivity index (χ4n) is 2.18. The number of benzene rings is 1. The lowest BCUT2D eigenvalue weighted by Crippen LogP contribution is -2.44. The van der Waals surface area contributed by atoms with E-state index in [0.717, 1.165) is 25.3 Å². The molecule has 0 aromatic heterocycles. The summed E-state index contributed by atoms with van der Waals surface area (Å²) >= 11 is 0. The number of hydrogen-bond donors (Lipinski definition) is 2. The molecule has 0 heterocycles. The van der Waals surface area contributed by atoms with Crippen LogP contribution in [0.15, 0.2) is 29.3 Å². The third-order valence-electron chi connectivity index (χ3n) is 3.41. The van der Waals surface area contributed by atoms with Crippen molar-refractivity contribution in [3.05, 3.63) is 29.8 Å². The second kappa shape index (κ2) is 12.4. The molecule has 1 atom stereocenters. The van der Waals surface area contributed by atoms with Crippen molar-refractivity contribution in [2.45, 2.75) is 25.8 Å². The lowest BCUT2D eigenvalue weighted by Gasteiger charge is -2.17. The fraction of sp³-hybridized carbons (Fsp3) is 0.588. The van der Waals surface area contributed by atoms with Crippen LogP contribution in [-0.2, 0) is 11.2 Å². The highest BCUT2D eigenvalue weighted by Crippen LogP contribution is 2.13. The number of halogens is 1. The molecular formula is C17H31IN4O. The van der Waals surface area contributed by atoms with Crippen molar-refractivity contribution >= 4 is 35.6 Å². The Balaban J connectivity index is 0.00000484. The molecule has 132 valence electrons. The smallest absolute Gasteiger partial charge is 0.191 e. The summed E-state index contributed by atoms with van der Waals surface area (Å²) in [5.74, 6) is 0.826. The minimum Gasteiger partial charge on any atom is -0.383 e. The van der Waals surface area contributed by atoms with Crippen LogP contribution in [0.2, 0.25) is 0 Å². The van der Waals surface area contributed by atoms with E-state index >= 15 is 0 Å². The molecular weight excluding hydrogens is 403 g/mol. The summed E-state index contributed by atoms with van der Waals surface area (Å²) in [4.78, 5) is 6.33. The van der Waals surface area contributed by atoms with E-state index in [0.29, 0.717) is 6.61 Å². The van der Waals surface area contributed by atoms with Gasteiger partial charge in [-0.15, -0.1) is 24.0 Å². The zero-order valence-electron chi connectivity index (χ0n) is 14.9. The van der Waals surface area contributed by atoms with Gasteiger partial charge in [0.05, 0.1) is 6.61 Å². The third kappa shape index (κ3) is 9.00. The molecule has 0 bridgehead atoms. The minimum absolute atomic E-state index is 0. The molecule has 23 heavy (non-hydrogen) atoms. The second-order valence-corrected chi connectivity index (χ2v) is 5.66. The Kier molecular flexibility index (Phi) is 11.9. The molecule has 0 saturated carbocycles. The molecule has 0 fully saturated rings. The summed E-state index contributed by atoms with van der Waals surface area (Å²) < 4.78 is 5.11. The van der Waals surface area contributed by atoms with Gasteiger partial charge in [0.1, 0.15) is 0 Å². The first-order valence-electron chi connectivity index (χ1n) is 7.79. The summed E-state index contributed by atoms with van der Waals surface area (Å²) in [6.45, 7) is 3.64. The van der Waals surface area contributed by atoms with E-state index in [9.17, 15) is 0 Å². The number of ether oxygens (including phenoxy) is 1. The van der Waals surface area contributed by atoms with Gasteiger partial charge in [-0.3, -0.25) is 4.99 Å². The minimum atomic E-state index is 0. The summed E-state index contributed by atoms with van der Waals surface area (Å²) in [6, 6.07) is 8.96. The van der Waals surface area contributed by atoms with Crippen molar-refractivity contribution in [1.82, 2.24) is 10.6 Å². The van der Waals surface area contributed by atoms with Crippen molar-refractivity contribution in [3.63, 3.8) is 0 Å². The maximum absolute atomic E-state index is 5.11. The number of guanidine groups is 1. The van der Waals surface area contributed by atoms with Gasteiger partial charge in [0.2, 0.25) is 0 Å². The van der Waals surface area contributed by atoms with E-state index in [4.69, 9.17) is 4.74 Å². The molecule has 2 N–H and O–H groups in total. The van der Waals surface area contributed by atoms with Crippen LogP contribution in [-0.4, -0.2) is 53.4 Å². The zero-order chi connectivity index (χ0) is 16.4. The molecule has 1 aromatic carbocycles. The van der Waals surface area contributed by atoms with Crippen LogP contribution in [0.1, 0.15) is 18.9 Å². The van der Waals surface area contributed by atoms with Gasteiger partial charge >= 0.3 is 0 Å². The van der Waals surface area contributed by atoms with Crippen LogP contribution >= 0.6 is 24.0 Å². The molecule has 0 aliphatic carbocycles. The van der Waals surface area contributed by atoms with E-state index in [1.165, 1.54) is 11.3 Å². The van der Waals surface area contributed by atoms with Crippen LogP contribution in [0.5, 0.6) is 0 Å². The lowest BCUT2D eigenvalue weighted by molar-refractivity contribution is 0.179. The van der Waals surface area contributed by atoms with Gasteiger partial charge in [0, 0.05) is 46.5 Å². The standard InChI is InChI=1S/C17H30N4O.HI/c1-14(13-22-5)20-17(18-2)19-12-6-7-15-8-10-16(11-9-15)21(3)4;/h8-11,14H,6-7,12-13H2,1-5H3,(H2,18,19,20);1H. The largest absolute Gasteiger partial charge is 0.383 e. The Bertz CT molecular complexity index is 448. The van der Waals surface area contributed by atoms with Crippen LogP contribution < -0.4 is 15.5 Å². The van der Waals surface area contributed by atoms with Gasteiger partial charge in [-0.05, 0) is 37.5 Å². The molecule has 0 radical (unpaired) electrons. The van der Waals surface area contributed by atoms with E-state index in [2.05, 4.69) is 65.8 Å². The summed E-state index contributed by atoms with van der Waals surface area (Å²) in [5, 5.41) is 6.63. The van der Waals surface area contributed by atoms with Gasteiger partial charge < -0.3 is 20.3 Å². The normalized spacial score (nSPS) is 12.3. The van der Waals surface area contributed by atoms with E-state index in [-0.39, 0.29) is 30.0 Å². The predicted molar refractivity (Wildman–Crippen MR) is 110 cm³/mol. The lowest BCUT2D eigenvalue weighted by atomic mass is 10.1. The molecule has 0 spiro atoms. The second-order valence-electron chi connectivity index (χ2n) is 5.66. The van der Waals surface area contributed by atoms with Gasteiger partial charge in [-0.1, -0.05) is 12.1 Å². The number of anilines is 1. The summed E-state index contributed by atoms with van der Waals surface area (Å²) in [7, 11) is 7.61. The molecule has 0 aliphatic heterocycles. The van der Waals surface area contributed by atoms with E-state index in [1.54, 1.807) is 14.2 Å². The zero-order valence-corrected chi connectivity index (χ0v) is 17.3. The van der Waals surface area contributed by atoms with Gasteiger partial charge in [0.15, 0.2) is 5.96 Å². The predicted octanol–water partition coefficient (Wildman–Crippen LogP) is 2.50. The molecule has 0 aliphatic rings.